The Morgan fingerprint density at radius 2 is 1.85 bits per heavy atom. The average Bonchev–Trinajstić information content (AvgIpc) is 2.68. The van der Waals surface area contributed by atoms with Gasteiger partial charge in [0.1, 0.15) is 5.58 Å². The van der Waals surface area contributed by atoms with Crippen molar-refractivity contribution in [1.82, 2.24) is 0 Å². The molecule has 1 unspecified atom stereocenters. The highest BCUT2D eigenvalue weighted by Crippen LogP contribution is 2.29. The molecular weight excluding hydrogens is 376 g/mol. The van der Waals surface area contributed by atoms with Crippen LogP contribution in [0.25, 0.3) is 11.0 Å². The molecule has 27 heavy (non-hydrogen) atoms. The molecule has 5 heteroatoms. The van der Waals surface area contributed by atoms with Gasteiger partial charge in [-0.15, -0.1) is 11.8 Å². The van der Waals surface area contributed by atoms with Gasteiger partial charge in [-0.3, -0.25) is 4.79 Å². The molecule has 0 aliphatic rings. The second kappa shape index (κ2) is 12.2. The molecule has 0 aliphatic heterocycles. The third-order valence-electron chi connectivity index (χ3n) is 4.67. The van der Waals surface area contributed by atoms with Crippen LogP contribution >= 0.6 is 24.0 Å². The van der Waals surface area contributed by atoms with E-state index in [4.69, 9.17) is 21.4 Å². The van der Waals surface area contributed by atoms with Crippen molar-refractivity contribution in [2.75, 3.05) is 12.4 Å². The molecule has 0 fully saturated rings. The fraction of sp³-hybridized carbons (Fsp3) is 0.545. The van der Waals surface area contributed by atoms with Gasteiger partial charge in [0.2, 0.25) is 0 Å². The topological polar surface area (TPSA) is 39.4 Å². The summed E-state index contributed by atoms with van der Waals surface area (Å²) in [6.07, 6.45) is 7.81. The van der Waals surface area contributed by atoms with Crippen molar-refractivity contribution < 1.29 is 13.9 Å². The van der Waals surface area contributed by atoms with Crippen LogP contribution in [0.1, 0.15) is 58.8 Å². The monoisotopic (exact) mass is 406 g/mol. The first-order chi connectivity index (χ1) is 13.1. The van der Waals surface area contributed by atoms with Crippen LogP contribution in [0, 0.1) is 10.6 Å². The number of rotatable bonds is 12. The molecule has 2 aromatic rings. The molecule has 3 nitrogen and oxygen atoms in total. The van der Waals surface area contributed by atoms with Crippen LogP contribution in [0.3, 0.4) is 0 Å². The molecule has 0 saturated carbocycles. The lowest BCUT2D eigenvalue weighted by Crippen LogP contribution is -2.14. The molecule has 0 aliphatic carbocycles. The van der Waals surface area contributed by atoms with E-state index in [1.165, 1.54) is 30.6 Å². The van der Waals surface area contributed by atoms with E-state index in [1.54, 1.807) is 0 Å². The smallest absolute Gasteiger partial charge is 0.308 e. The van der Waals surface area contributed by atoms with E-state index in [9.17, 15) is 4.79 Å². The number of hydrogen-bond donors (Lipinski definition) is 0. The van der Waals surface area contributed by atoms with Crippen molar-refractivity contribution >= 4 is 40.9 Å². The number of carbonyl (C=O) groups is 1. The highest BCUT2D eigenvalue weighted by atomic mass is 32.2. The molecular formula is C22H30O3S2. The van der Waals surface area contributed by atoms with Gasteiger partial charge < -0.3 is 9.15 Å². The van der Waals surface area contributed by atoms with E-state index >= 15 is 0 Å². The van der Waals surface area contributed by atoms with Crippen LogP contribution in [0.15, 0.2) is 39.6 Å². The summed E-state index contributed by atoms with van der Waals surface area (Å²) in [6, 6.07) is 10.0. The van der Waals surface area contributed by atoms with Gasteiger partial charge in [0, 0.05) is 16.3 Å². The SMILES string of the molecule is CCC(C)C(=O)OCCCCCCCCSc1cc(=S)oc2ccccc12. The zero-order valence-electron chi connectivity index (χ0n) is 16.4. The van der Waals surface area contributed by atoms with Crippen LogP contribution in [0.5, 0.6) is 0 Å². The molecule has 1 aromatic carbocycles. The summed E-state index contributed by atoms with van der Waals surface area (Å²) >= 11 is 7.08. The van der Waals surface area contributed by atoms with Crippen LogP contribution < -0.4 is 0 Å². The number of unbranched alkanes of at least 4 members (excludes halogenated alkanes) is 5. The van der Waals surface area contributed by atoms with Crippen LogP contribution in [0.2, 0.25) is 0 Å². The molecule has 148 valence electrons. The Hall–Kier alpha value is -1.33. The highest BCUT2D eigenvalue weighted by Gasteiger charge is 2.11. The quantitative estimate of drug-likeness (QED) is 0.161. The number of para-hydroxylation sites is 1. The van der Waals surface area contributed by atoms with E-state index in [1.807, 2.05) is 49.9 Å². The van der Waals surface area contributed by atoms with Gasteiger partial charge in [0.05, 0.1) is 12.5 Å². The summed E-state index contributed by atoms with van der Waals surface area (Å²) in [5.74, 6) is 1.06. The van der Waals surface area contributed by atoms with E-state index < -0.39 is 0 Å². The van der Waals surface area contributed by atoms with Crippen LogP contribution in [0.4, 0.5) is 0 Å². The van der Waals surface area contributed by atoms with Gasteiger partial charge in [-0.1, -0.05) is 57.7 Å². The molecule has 0 N–H and O–H groups in total. The minimum atomic E-state index is -0.0574. The molecule has 0 saturated heterocycles. The Labute approximate surface area is 171 Å². The molecule has 2 rings (SSSR count). The Morgan fingerprint density at radius 3 is 2.63 bits per heavy atom. The molecule has 0 amide bonds. The van der Waals surface area contributed by atoms with Gasteiger partial charge >= 0.3 is 5.97 Å². The Bertz CT molecular complexity index is 769. The summed E-state index contributed by atoms with van der Waals surface area (Å²) < 4.78 is 11.4. The fourth-order valence-electron chi connectivity index (χ4n) is 2.78. The zero-order chi connectivity index (χ0) is 19.5. The average molecular weight is 407 g/mol. The van der Waals surface area contributed by atoms with E-state index in [-0.39, 0.29) is 11.9 Å². The summed E-state index contributed by atoms with van der Waals surface area (Å²) in [5, 5.41) is 1.14. The van der Waals surface area contributed by atoms with E-state index in [0.29, 0.717) is 11.3 Å². The Balaban J connectivity index is 1.56. The lowest BCUT2D eigenvalue weighted by Gasteiger charge is -2.09. The van der Waals surface area contributed by atoms with E-state index in [2.05, 4.69) is 6.07 Å². The number of benzene rings is 1. The Morgan fingerprint density at radius 1 is 1.15 bits per heavy atom. The van der Waals surface area contributed by atoms with Gasteiger partial charge in [0.15, 0.2) is 4.71 Å². The van der Waals surface area contributed by atoms with Gasteiger partial charge in [0.25, 0.3) is 0 Å². The van der Waals surface area contributed by atoms with Crippen molar-refractivity contribution in [2.45, 2.75) is 63.7 Å². The minimum Gasteiger partial charge on any atom is -0.465 e. The summed E-state index contributed by atoms with van der Waals surface area (Å²) in [5.41, 5.74) is 0.863. The number of thioether (sulfide) groups is 1. The van der Waals surface area contributed by atoms with E-state index in [0.717, 1.165) is 36.0 Å². The predicted octanol–water partition coefficient (Wildman–Crippen LogP) is 7.18. The molecule has 1 heterocycles. The first-order valence-corrected chi connectivity index (χ1v) is 11.3. The standard InChI is InChI=1S/C22H30O3S2/c1-3-17(2)22(23)24-14-10-6-4-5-7-11-15-27-20-16-21(26)25-19-13-9-8-12-18(19)20/h8-9,12-13,16-17H,3-7,10-11,14-15H2,1-2H3. The fourth-order valence-corrected chi connectivity index (χ4v) is 4.14. The minimum absolute atomic E-state index is 0.0228. The third kappa shape index (κ3) is 7.67. The van der Waals surface area contributed by atoms with Gasteiger partial charge in [-0.25, -0.2) is 0 Å². The maximum absolute atomic E-state index is 11.6. The maximum Gasteiger partial charge on any atom is 0.308 e. The normalized spacial score (nSPS) is 12.2. The number of hydrogen-bond acceptors (Lipinski definition) is 5. The molecule has 1 aromatic heterocycles. The first-order valence-electron chi connectivity index (χ1n) is 9.94. The number of esters is 1. The highest BCUT2D eigenvalue weighted by molar-refractivity contribution is 7.99. The second-order valence-electron chi connectivity index (χ2n) is 6.87. The van der Waals surface area contributed by atoms with Crippen molar-refractivity contribution in [3.05, 3.63) is 35.0 Å². The van der Waals surface area contributed by atoms with Crippen molar-refractivity contribution in [3.8, 4) is 0 Å². The summed E-state index contributed by atoms with van der Waals surface area (Å²) in [7, 11) is 0. The van der Waals surface area contributed by atoms with Crippen molar-refractivity contribution in [1.29, 1.82) is 0 Å². The number of carbonyl (C=O) groups excluding carboxylic acids is 1. The maximum atomic E-state index is 11.6. The lowest BCUT2D eigenvalue weighted by atomic mass is 10.1. The summed E-state index contributed by atoms with van der Waals surface area (Å²) in [6.45, 7) is 4.49. The van der Waals surface area contributed by atoms with Gasteiger partial charge in [-0.2, -0.15) is 0 Å². The van der Waals surface area contributed by atoms with Crippen LogP contribution in [-0.4, -0.2) is 18.3 Å². The van der Waals surface area contributed by atoms with Gasteiger partial charge in [-0.05, 0) is 43.3 Å². The molecule has 0 radical (unpaired) electrons. The molecule has 0 bridgehead atoms. The number of ether oxygens (including phenoxy) is 1. The molecule has 1 atom stereocenters. The van der Waals surface area contributed by atoms with Crippen molar-refractivity contribution in [2.24, 2.45) is 5.92 Å². The predicted molar refractivity (Wildman–Crippen MR) is 116 cm³/mol. The van der Waals surface area contributed by atoms with Crippen LogP contribution in [-0.2, 0) is 9.53 Å². The summed E-state index contributed by atoms with van der Waals surface area (Å²) in [4.78, 5) is 12.8. The lowest BCUT2D eigenvalue weighted by molar-refractivity contribution is -0.148. The Kier molecular flexibility index (Phi) is 9.92. The largest absolute Gasteiger partial charge is 0.465 e. The first kappa shape index (κ1) is 22.0. The van der Waals surface area contributed by atoms with Crippen molar-refractivity contribution in [3.63, 3.8) is 0 Å². The zero-order valence-corrected chi connectivity index (χ0v) is 18.0. The second-order valence-corrected chi connectivity index (χ2v) is 8.41. The number of fused-ring (bicyclic) bond motifs is 1. The third-order valence-corrected chi connectivity index (χ3v) is 6.01. The molecule has 0 spiro atoms.